The predicted molar refractivity (Wildman–Crippen MR) is 86.2 cm³/mol. The fourth-order valence-electron chi connectivity index (χ4n) is 1.37. The van der Waals surface area contributed by atoms with Gasteiger partial charge in [-0.1, -0.05) is 0 Å². The highest BCUT2D eigenvalue weighted by Gasteiger charge is 2.33. The van der Waals surface area contributed by atoms with Crippen molar-refractivity contribution in [3.8, 4) is 0 Å². The number of halogens is 3. The lowest BCUT2D eigenvalue weighted by molar-refractivity contribution is -0.870. The molecule has 0 aliphatic carbocycles. The molecule has 0 heterocycles. The SMILES string of the molecule is CC(C)(COC(F)C(F)F)C(=O)OCCOP(=O)(O)OCC[N+](C)(C)C. The lowest BCUT2D eigenvalue weighted by Gasteiger charge is -2.24. The molecule has 0 aliphatic heterocycles. The molecule has 0 amide bonds. The van der Waals surface area contributed by atoms with Crippen LogP contribution in [0.25, 0.3) is 0 Å². The van der Waals surface area contributed by atoms with Crippen molar-refractivity contribution >= 4 is 13.8 Å². The van der Waals surface area contributed by atoms with Crippen LogP contribution in [0.3, 0.4) is 0 Å². The summed E-state index contributed by atoms with van der Waals surface area (Å²) < 4.78 is 67.4. The van der Waals surface area contributed by atoms with Crippen LogP contribution in [0.2, 0.25) is 0 Å². The van der Waals surface area contributed by atoms with Crippen LogP contribution in [0, 0.1) is 5.41 Å². The number of alkyl halides is 3. The van der Waals surface area contributed by atoms with Crippen LogP contribution in [-0.4, -0.2) is 82.2 Å². The molecule has 2 unspecified atom stereocenters. The van der Waals surface area contributed by atoms with Gasteiger partial charge in [-0.2, -0.15) is 0 Å². The Labute approximate surface area is 151 Å². The first-order valence-corrected chi connectivity index (χ1v) is 9.29. The van der Waals surface area contributed by atoms with Gasteiger partial charge in [0.15, 0.2) is 0 Å². The van der Waals surface area contributed by atoms with Crippen molar-refractivity contribution in [1.29, 1.82) is 0 Å². The van der Waals surface area contributed by atoms with Gasteiger partial charge in [-0.3, -0.25) is 13.8 Å². The fourth-order valence-corrected chi connectivity index (χ4v) is 2.06. The molecular weight excluding hydrogens is 382 g/mol. The van der Waals surface area contributed by atoms with Gasteiger partial charge < -0.3 is 18.9 Å². The van der Waals surface area contributed by atoms with Gasteiger partial charge in [0.25, 0.3) is 12.8 Å². The number of quaternary nitrogens is 1. The Morgan fingerprint density at radius 3 is 2.15 bits per heavy atom. The quantitative estimate of drug-likeness (QED) is 0.215. The number of esters is 1. The van der Waals surface area contributed by atoms with E-state index in [1.165, 1.54) is 13.8 Å². The number of rotatable bonds is 13. The first kappa shape index (κ1) is 25.3. The van der Waals surface area contributed by atoms with Gasteiger partial charge >= 0.3 is 13.8 Å². The van der Waals surface area contributed by atoms with Gasteiger partial charge in [-0.15, -0.1) is 0 Å². The van der Waals surface area contributed by atoms with Crippen molar-refractivity contribution in [2.45, 2.75) is 26.6 Å². The molecule has 0 rings (SSSR count). The van der Waals surface area contributed by atoms with Crippen molar-refractivity contribution in [3.05, 3.63) is 0 Å². The van der Waals surface area contributed by atoms with E-state index in [1.54, 1.807) is 0 Å². The average molecular weight is 410 g/mol. The second kappa shape index (κ2) is 10.6. The zero-order chi connectivity index (χ0) is 20.6. The first-order chi connectivity index (χ1) is 11.7. The number of hydrogen-bond donors (Lipinski definition) is 1. The van der Waals surface area contributed by atoms with Crippen LogP contribution in [-0.2, 0) is 27.9 Å². The third-order valence-corrected chi connectivity index (χ3v) is 3.96. The van der Waals surface area contributed by atoms with Crippen LogP contribution in [0.5, 0.6) is 0 Å². The van der Waals surface area contributed by atoms with Crippen LogP contribution < -0.4 is 0 Å². The van der Waals surface area contributed by atoms with E-state index in [4.69, 9.17) is 9.26 Å². The first-order valence-electron chi connectivity index (χ1n) is 7.80. The van der Waals surface area contributed by atoms with Gasteiger partial charge in [-0.25, -0.2) is 17.7 Å². The average Bonchev–Trinajstić information content (AvgIpc) is 2.47. The van der Waals surface area contributed by atoms with E-state index in [-0.39, 0.29) is 13.2 Å². The third-order valence-electron chi connectivity index (χ3n) is 2.94. The van der Waals surface area contributed by atoms with E-state index in [0.29, 0.717) is 11.0 Å². The highest BCUT2D eigenvalue weighted by atomic mass is 31.2. The van der Waals surface area contributed by atoms with E-state index in [0.717, 1.165) is 0 Å². The zero-order valence-electron chi connectivity index (χ0n) is 15.6. The molecule has 12 heteroatoms. The smallest absolute Gasteiger partial charge is 0.463 e. The lowest BCUT2D eigenvalue weighted by atomic mass is 9.95. The van der Waals surface area contributed by atoms with Gasteiger partial charge in [0, 0.05) is 0 Å². The molecule has 0 fully saturated rings. The molecule has 0 saturated carbocycles. The third kappa shape index (κ3) is 11.8. The summed E-state index contributed by atoms with van der Waals surface area (Å²) in [6.07, 6.45) is -6.11. The normalized spacial score (nSPS) is 16.4. The van der Waals surface area contributed by atoms with Crippen molar-refractivity contribution in [1.82, 2.24) is 0 Å². The molecule has 0 aromatic carbocycles. The maximum atomic E-state index is 12.7. The number of carbonyl (C=O) groups is 1. The topological polar surface area (TPSA) is 91.3 Å². The molecule has 0 saturated heterocycles. The van der Waals surface area contributed by atoms with Gasteiger partial charge in [0.2, 0.25) is 0 Å². The molecule has 1 N–H and O–H groups in total. The van der Waals surface area contributed by atoms with Crippen molar-refractivity contribution in [3.63, 3.8) is 0 Å². The summed E-state index contributed by atoms with van der Waals surface area (Å²) in [5, 5.41) is 0. The molecule has 0 bridgehead atoms. The summed E-state index contributed by atoms with van der Waals surface area (Å²) >= 11 is 0. The van der Waals surface area contributed by atoms with Crippen LogP contribution in [0.4, 0.5) is 13.2 Å². The lowest BCUT2D eigenvalue weighted by Crippen LogP contribution is -2.37. The van der Waals surface area contributed by atoms with E-state index in [2.05, 4.69) is 9.26 Å². The van der Waals surface area contributed by atoms with E-state index >= 15 is 0 Å². The summed E-state index contributed by atoms with van der Waals surface area (Å²) in [4.78, 5) is 21.3. The Morgan fingerprint density at radius 1 is 1.12 bits per heavy atom. The number of phosphoric acid groups is 1. The maximum Gasteiger partial charge on any atom is 0.472 e. The predicted octanol–water partition coefficient (Wildman–Crippen LogP) is 1.97. The zero-order valence-corrected chi connectivity index (χ0v) is 16.5. The number of likely N-dealkylation sites (N-methyl/N-ethyl adjacent to an activating group) is 1. The van der Waals surface area contributed by atoms with E-state index in [9.17, 15) is 27.4 Å². The number of phosphoric ester groups is 1. The molecule has 0 spiro atoms. The molecule has 0 aromatic heterocycles. The molecule has 2 atom stereocenters. The Balaban J connectivity index is 4.14. The molecule has 26 heavy (non-hydrogen) atoms. The highest BCUT2D eigenvalue weighted by molar-refractivity contribution is 7.47. The molecule has 8 nitrogen and oxygen atoms in total. The summed E-state index contributed by atoms with van der Waals surface area (Å²) in [5.41, 5.74) is -1.39. The van der Waals surface area contributed by atoms with Crippen molar-refractivity contribution < 1.29 is 50.4 Å². The van der Waals surface area contributed by atoms with Crippen LogP contribution in [0.1, 0.15) is 13.8 Å². The van der Waals surface area contributed by atoms with Crippen LogP contribution >= 0.6 is 7.82 Å². The van der Waals surface area contributed by atoms with Gasteiger partial charge in [0.1, 0.15) is 19.8 Å². The molecule has 0 aliphatic rings. The minimum atomic E-state index is -4.27. The van der Waals surface area contributed by atoms with E-state index < -0.39 is 45.2 Å². The summed E-state index contributed by atoms with van der Waals surface area (Å²) in [7, 11) is 1.36. The fraction of sp³-hybridized carbons (Fsp3) is 0.929. The van der Waals surface area contributed by atoms with E-state index in [1.807, 2.05) is 21.1 Å². The standard InChI is InChI=1S/C14H27F3NO7P/c1-14(2,10-23-12(17)11(15)16)13(19)22-8-9-25-26(20,21)24-7-6-18(3,4)5/h11-12H,6-10H2,1-5H3/p+1. The summed E-state index contributed by atoms with van der Waals surface area (Å²) in [5.74, 6) is -0.860. The number of hydrogen-bond acceptors (Lipinski definition) is 6. The molecular formula is C14H28F3NO7P+. The Bertz CT molecular complexity index is 486. The number of nitrogens with zero attached hydrogens (tertiary/aromatic N) is 1. The number of carbonyl (C=O) groups excluding carboxylic acids is 1. The second-order valence-electron chi connectivity index (χ2n) is 7.17. The molecule has 156 valence electrons. The molecule has 0 aromatic rings. The summed E-state index contributed by atoms with van der Waals surface area (Å²) in [6, 6.07) is 0. The number of ether oxygens (including phenoxy) is 2. The second-order valence-corrected chi connectivity index (χ2v) is 8.62. The minimum absolute atomic E-state index is 0.00400. The van der Waals surface area contributed by atoms with Crippen LogP contribution in [0.15, 0.2) is 0 Å². The maximum absolute atomic E-state index is 12.7. The van der Waals surface area contributed by atoms with Crippen molar-refractivity contribution in [2.75, 3.05) is 54.1 Å². The summed E-state index contributed by atoms with van der Waals surface area (Å²) in [6.45, 7) is 1.70. The minimum Gasteiger partial charge on any atom is -0.463 e. The Hall–Kier alpha value is -0.710. The van der Waals surface area contributed by atoms with Crippen molar-refractivity contribution in [2.24, 2.45) is 5.41 Å². The Kier molecular flexibility index (Phi) is 10.3. The van der Waals surface area contributed by atoms with Gasteiger partial charge in [-0.05, 0) is 13.8 Å². The van der Waals surface area contributed by atoms with Gasteiger partial charge in [0.05, 0.1) is 39.8 Å². The molecule has 0 radical (unpaired) electrons. The largest absolute Gasteiger partial charge is 0.472 e. The highest BCUT2D eigenvalue weighted by Crippen LogP contribution is 2.42. The Morgan fingerprint density at radius 2 is 1.65 bits per heavy atom. The monoisotopic (exact) mass is 410 g/mol.